The average Bonchev–Trinajstić information content (AvgIpc) is 0.814. The molecule has 30 rings (SSSR count). The molecule has 0 aromatic carbocycles. The highest BCUT2D eigenvalue weighted by molar-refractivity contribution is 7.99. The molecule has 0 unspecified atom stereocenters. The molecule has 30 saturated heterocycles. The van der Waals surface area contributed by atoms with Gasteiger partial charge < -0.3 is 199 Å². The number of rotatable bonds is 11. The maximum atomic E-state index is 11.7. The van der Waals surface area contributed by atoms with Crippen molar-refractivity contribution in [3.8, 4) is 0 Å². The summed E-state index contributed by atoms with van der Waals surface area (Å²) in [5.74, 6) is 0.127. The van der Waals surface area contributed by atoms with Crippen molar-refractivity contribution in [3.63, 3.8) is 0 Å². The van der Waals surface area contributed by atoms with Gasteiger partial charge in [0, 0.05) is 18.1 Å². The van der Waals surface area contributed by atoms with E-state index in [0.29, 0.717) is 0 Å². The number of thioether (sulfide) groups is 1. The van der Waals surface area contributed by atoms with E-state index < -0.39 is 292 Å². The number of hydrogen-bond acceptors (Lipinski definition) is 41. The van der Waals surface area contributed by atoms with Gasteiger partial charge in [-0.2, -0.15) is 11.8 Å². The van der Waals surface area contributed by atoms with Gasteiger partial charge >= 0.3 is 0 Å². The van der Waals surface area contributed by atoms with Crippen LogP contribution in [0.2, 0.25) is 0 Å². The normalized spacial score (nSPS) is 53.9. The van der Waals surface area contributed by atoms with Crippen molar-refractivity contribution >= 4 is 11.8 Å². The fourth-order valence-electron chi connectivity index (χ4n) is 12.2. The summed E-state index contributed by atoms with van der Waals surface area (Å²) in [7, 11) is 0. The molecule has 0 aromatic heterocycles. The van der Waals surface area contributed by atoms with Crippen LogP contribution < -0.4 is 5.73 Å². The maximum absolute atomic E-state index is 11.7. The Hall–Kier alpha value is -1.25. The molecule has 25 N–H and O–H groups in total. The second-order valence-corrected chi connectivity index (χ2v) is 24.3. The molecule has 0 aliphatic carbocycles. The monoisotopic (exact) mass is 1360 g/mol. The Morgan fingerprint density at radius 3 is 0.495 bits per heavy atom. The number of ether oxygens (including phenoxy) is 16. The molecule has 91 heavy (non-hydrogen) atoms. The molecule has 0 saturated carbocycles. The first-order valence-electron chi connectivity index (χ1n) is 29.3. The lowest BCUT2D eigenvalue weighted by Gasteiger charge is -2.50. The lowest BCUT2D eigenvalue weighted by Crippen LogP contribution is -2.69. The van der Waals surface area contributed by atoms with E-state index in [4.69, 9.17) is 81.5 Å². The molecule has 0 aromatic rings. The van der Waals surface area contributed by atoms with Gasteiger partial charge in [0.05, 0.1) is 52.4 Å². The minimum Gasteiger partial charge on any atom is -0.394 e. The van der Waals surface area contributed by atoms with Crippen molar-refractivity contribution in [3.05, 3.63) is 0 Å². The molecule has 30 aliphatic heterocycles. The van der Waals surface area contributed by atoms with Gasteiger partial charge in [-0.25, -0.2) is 0 Å². The number of aliphatic hydroxyl groups is 23. The summed E-state index contributed by atoms with van der Waals surface area (Å²) >= 11 is 1.13. The summed E-state index contributed by atoms with van der Waals surface area (Å²) in [6, 6.07) is 0. The summed E-state index contributed by atoms with van der Waals surface area (Å²) in [6.45, 7) is -7.33. The van der Waals surface area contributed by atoms with Crippen LogP contribution in [0, 0.1) is 0 Å². The lowest BCUT2D eigenvalue weighted by atomic mass is 9.95. The molecular formula is C50H85NO39S. The molecule has 0 spiro atoms. The molecule has 0 amide bonds. The van der Waals surface area contributed by atoms with E-state index in [2.05, 4.69) is 0 Å². The van der Waals surface area contributed by atoms with Gasteiger partial charge in [-0.15, -0.1) is 0 Å². The summed E-state index contributed by atoms with van der Waals surface area (Å²) in [4.78, 5) is 0. The molecule has 40 nitrogen and oxygen atoms in total. The largest absolute Gasteiger partial charge is 0.394 e. The van der Waals surface area contributed by atoms with Crippen LogP contribution in [0.25, 0.3) is 0 Å². The Labute approximate surface area is 519 Å². The summed E-state index contributed by atoms with van der Waals surface area (Å²) in [6.07, 6.45) is -80.4. The zero-order valence-electron chi connectivity index (χ0n) is 48.0. The predicted molar refractivity (Wildman–Crippen MR) is 280 cm³/mol. The molecular weight excluding hydrogens is 1270 g/mol. The highest BCUT2D eigenvalue weighted by Crippen LogP contribution is 2.40. The summed E-state index contributed by atoms with van der Waals surface area (Å²) in [5.41, 5.74) is 5.72. The summed E-state index contributed by atoms with van der Waals surface area (Å²) < 4.78 is 92.5. The second kappa shape index (κ2) is 32.2. The SMILES string of the molecule is NCCSC[C@H]1O[C@@H]2O[C@H]3[C@H](O)[C@@H](O)[C@@H](O[C@H]4[C@H](O)[C@@H](O)[C@@H](O[C@H]5[C@H](O)[C@@H](O)[C@@H](O[C@H]6[C@H](O)[C@@H](O)[C@@H](O[C@H]7[C@H](O)[C@@H](O)[C@@H](O[C@H]8[C@H](O)[C@@H](O)[C@@H](O[C@H]9[C@H](O)[C@@H](O)[C@@H](O[C@H]1[C@H](O)[C@H]2O)O[C@@H]9CO)O[C@@H]8CO)O[C@@H]7CO)O[C@@H]6CO)O[C@@H]5CO)O[C@@H]4CO)O[C@@H]3CO. The number of nitrogens with two attached hydrogens (primary N) is 1. The predicted octanol–water partition coefficient (Wildman–Crippen LogP) is -16.7. The molecule has 16 bridgehead atoms. The molecule has 530 valence electrons. The van der Waals surface area contributed by atoms with Crippen LogP contribution in [0.3, 0.4) is 0 Å². The maximum Gasteiger partial charge on any atom is 0.187 e. The molecule has 0 radical (unpaired) electrons. The van der Waals surface area contributed by atoms with Crippen LogP contribution in [-0.4, -0.2) is 427 Å². The van der Waals surface area contributed by atoms with Crippen LogP contribution in [-0.2, 0) is 75.8 Å². The van der Waals surface area contributed by atoms with Crippen LogP contribution in [0.4, 0.5) is 0 Å². The second-order valence-electron chi connectivity index (χ2n) is 23.1. The molecule has 30 fully saturated rings. The fourth-order valence-corrected chi connectivity index (χ4v) is 13.0. The smallest absolute Gasteiger partial charge is 0.187 e. The summed E-state index contributed by atoms with van der Waals surface area (Å²) in [5, 5.41) is 257. The van der Waals surface area contributed by atoms with Gasteiger partial charge in [-0.05, 0) is 0 Å². The van der Waals surface area contributed by atoms with Crippen molar-refractivity contribution < 1.29 is 193 Å². The van der Waals surface area contributed by atoms with Crippen molar-refractivity contribution in [1.82, 2.24) is 0 Å². The van der Waals surface area contributed by atoms with E-state index in [0.717, 1.165) is 11.8 Å². The van der Waals surface area contributed by atoms with Crippen LogP contribution in [0.5, 0.6) is 0 Å². The van der Waals surface area contributed by atoms with Gasteiger partial charge in [-0.3, -0.25) is 0 Å². The Bertz CT molecular complexity index is 2200. The molecule has 41 heteroatoms. The van der Waals surface area contributed by atoms with Gasteiger partial charge in [0.1, 0.15) is 189 Å². The number of aliphatic hydroxyl groups excluding tert-OH is 23. The third kappa shape index (κ3) is 15.2. The first kappa shape index (κ1) is 74.0. The van der Waals surface area contributed by atoms with E-state index in [9.17, 15) is 117 Å². The van der Waals surface area contributed by atoms with Gasteiger partial charge in [0.2, 0.25) is 0 Å². The van der Waals surface area contributed by atoms with Crippen LogP contribution in [0.1, 0.15) is 0 Å². The van der Waals surface area contributed by atoms with E-state index in [1.165, 1.54) is 0 Å². The van der Waals surface area contributed by atoms with Gasteiger partial charge in [-0.1, -0.05) is 0 Å². The van der Waals surface area contributed by atoms with Gasteiger partial charge in [0.15, 0.2) is 50.3 Å². The molecule has 30 heterocycles. The van der Waals surface area contributed by atoms with Crippen molar-refractivity contribution in [2.75, 3.05) is 64.3 Å². The van der Waals surface area contributed by atoms with Crippen LogP contribution >= 0.6 is 11.8 Å². The fraction of sp³-hybridized carbons (Fsp3) is 1.00. The standard InChI is InChI=1S/C50H85NO39S/c51-1-2-91-10-18-42-26(66)34(74)50(82-18)89-41-17(9-58)80-48(32(72)24(41)64)87-39-15(7-56)78-46(30(70)22(39)62)85-37-13(5-54)76-44(28(68)20(37)60)83-35-11(3-52)75-43(27(67)19(35)59)84-36-12(4-53)77-45(29(69)21(36)61)86-38-14(6-55)79-47(31(71)23(38)63)88-40-16(8-57)81-49(90-42)33(73)25(40)65/h11-50,52-74H,1-10,51H2/t11-,12-,13-,14-,15-,16-,17-,18-,19-,20-,21-,22-,23-,24-,25-,26-,27-,28-,29-,30-,31-,32-,33-,34-,35-,36-,37-,38-,39-,40-,41-,42-,43-,44-,45-,46-,47-,48-,49-,50-/m1/s1. The molecule has 30 aliphatic rings. The Kier molecular flexibility index (Phi) is 26.2. The molecule has 40 atom stereocenters. The lowest BCUT2D eigenvalue weighted by molar-refractivity contribution is -0.403. The highest BCUT2D eigenvalue weighted by atomic mass is 32.2. The van der Waals surface area contributed by atoms with E-state index >= 15 is 0 Å². The van der Waals surface area contributed by atoms with Gasteiger partial charge in [0.25, 0.3) is 0 Å². The van der Waals surface area contributed by atoms with E-state index in [1.54, 1.807) is 0 Å². The number of hydrogen-bond donors (Lipinski definition) is 24. The van der Waals surface area contributed by atoms with E-state index in [1.807, 2.05) is 0 Å². The van der Waals surface area contributed by atoms with Crippen molar-refractivity contribution in [1.29, 1.82) is 0 Å². The third-order valence-electron chi connectivity index (χ3n) is 17.3. The first-order valence-corrected chi connectivity index (χ1v) is 30.5. The minimum atomic E-state index is -2.24. The Morgan fingerprint density at radius 1 is 0.209 bits per heavy atom. The Morgan fingerprint density at radius 2 is 0.352 bits per heavy atom. The van der Waals surface area contributed by atoms with Crippen LogP contribution in [0.15, 0.2) is 0 Å². The topological polar surface area (TPSA) is 639 Å². The zero-order chi connectivity index (χ0) is 66.2. The average molecular weight is 1360 g/mol. The Balaban J connectivity index is 0.987. The van der Waals surface area contributed by atoms with Crippen molar-refractivity contribution in [2.45, 2.75) is 246 Å². The van der Waals surface area contributed by atoms with Crippen molar-refractivity contribution in [2.24, 2.45) is 5.73 Å². The highest BCUT2D eigenvalue weighted by Gasteiger charge is 2.60. The minimum absolute atomic E-state index is 0.122. The third-order valence-corrected chi connectivity index (χ3v) is 18.3. The quantitative estimate of drug-likeness (QED) is 0.0854. The zero-order valence-corrected chi connectivity index (χ0v) is 48.8. The van der Waals surface area contributed by atoms with E-state index in [-0.39, 0.29) is 18.1 Å². The first-order chi connectivity index (χ1) is 43.4.